The number of nitrogens with zero attached hydrogens (tertiary/aromatic N) is 2. The minimum atomic E-state index is -1.01. The summed E-state index contributed by atoms with van der Waals surface area (Å²) < 4.78 is 13.4. The molecule has 0 bridgehead atoms. The fraction of sp³-hybridized carbons (Fsp3) is 0.353. The fourth-order valence-corrected chi connectivity index (χ4v) is 4.63. The third-order valence-corrected chi connectivity index (χ3v) is 6.22. The molecule has 1 heterocycles. The average Bonchev–Trinajstić information content (AvgIpc) is 2.99. The molecular weight excluding hydrogens is 406 g/mol. The molecular formula is C17H22BrN3OS2. The molecule has 0 aliphatic heterocycles. The van der Waals surface area contributed by atoms with Gasteiger partial charge in [0.25, 0.3) is 0 Å². The molecule has 0 saturated heterocycles. The summed E-state index contributed by atoms with van der Waals surface area (Å²) in [6, 6.07) is 13.7. The molecule has 1 atom stereocenters. The van der Waals surface area contributed by atoms with Crippen LogP contribution in [-0.2, 0) is 17.3 Å². The van der Waals surface area contributed by atoms with Crippen LogP contribution in [0.3, 0.4) is 0 Å². The first-order chi connectivity index (χ1) is 11.6. The Morgan fingerprint density at radius 1 is 1.29 bits per heavy atom. The first kappa shape index (κ1) is 19.1. The van der Waals surface area contributed by atoms with Crippen molar-refractivity contribution in [2.24, 2.45) is 4.99 Å². The van der Waals surface area contributed by atoms with Crippen LogP contribution in [0.25, 0.3) is 0 Å². The molecule has 130 valence electrons. The van der Waals surface area contributed by atoms with Gasteiger partial charge in [-0.1, -0.05) is 18.2 Å². The molecule has 0 fully saturated rings. The Kier molecular flexibility index (Phi) is 7.94. The molecule has 0 radical (unpaired) electrons. The average molecular weight is 428 g/mol. The molecule has 24 heavy (non-hydrogen) atoms. The number of hydrogen-bond acceptors (Lipinski definition) is 3. The fourth-order valence-electron chi connectivity index (χ4n) is 2.14. The smallest absolute Gasteiger partial charge is 0.194 e. The van der Waals surface area contributed by atoms with Crippen molar-refractivity contribution in [3.05, 3.63) is 51.1 Å². The number of thiophene rings is 1. The number of benzene rings is 1. The van der Waals surface area contributed by atoms with E-state index in [0.29, 0.717) is 12.3 Å². The lowest BCUT2D eigenvalue weighted by Crippen LogP contribution is -2.38. The molecule has 0 aliphatic rings. The highest BCUT2D eigenvalue weighted by Crippen LogP contribution is 2.22. The number of hydrogen-bond donors (Lipinski definition) is 1. The van der Waals surface area contributed by atoms with Crippen molar-refractivity contribution in [2.45, 2.75) is 18.4 Å². The molecule has 0 amide bonds. The molecule has 1 unspecified atom stereocenters. The molecule has 0 saturated carbocycles. The van der Waals surface area contributed by atoms with Gasteiger partial charge in [0.05, 0.1) is 27.7 Å². The molecule has 0 spiro atoms. The van der Waals surface area contributed by atoms with Gasteiger partial charge in [0.15, 0.2) is 5.96 Å². The highest BCUT2D eigenvalue weighted by atomic mass is 79.9. The van der Waals surface area contributed by atoms with Crippen molar-refractivity contribution in [2.75, 3.05) is 25.9 Å². The summed E-state index contributed by atoms with van der Waals surface area (Å²) in [5.41, 5.74) is 0. The maximum Gasteiger partial charge on any atom is 0.194 e. The molecule has 0 aliphatic carbocycles. The van der Waals surface area contributed by atoms with Crippen molar-refractivity contribution in [3.8, 4) is 0 Å². The number of nitrogens with one attached hydrogen (secondary N) is 1. The zero-order valence-corrected chi connectivity index (χ0v) is 17.1. The molecule has 2 aromatic rings. The van der Waals surface area contributed by atoms with Crippen LogP contribution in [0.4, 0.5) is 0 Å². The van der Waals surface area contributed by atoms with E-state index in [1.807, 2.05) is 44.3 Å². The van der Waals surface area contributed by atoms with Gasteiger partial charge in [0, 0.05) is 29.1 Å². The van der Waals surface area contributed by atoms with Crippen LogP contribution in [0, 0.1) is 0 Å². The molecule has 4 nitrogen and oxygen atoms in total. The third kappa shape index (κ3) is 6.03. The topological polar surface area (TPSA) is 44.7 Å². The van der Waals surface area contributed by atoms with Gasteiger partial charge in [-0.2, -0.15) is 0 Å². The first-order valence-corrected chi connectivity index (χ1v) is 10.7. The van der Waals surface area contributed by atoms with Crippen LogP contribution in [0.1, 0.15) is 11.8 Å². The third-order valence-electron chi connectivity index (χ3n) is 3.26. The Morgan fingerprint density at radius 3 is 2.67 bits per heavy atom. The molecule has 1 aromatic heterocycles. The van der Waals surface area contributed by atoms with E-state index in [9.17, 15) is 4.21 Å². The lowest BCUT2D eigenvalue weighted by atomic mass is 10.4. The van der Waals surface area contributed by atoms with Crippen LogP contribution in [0.15, 0.2) is 56.1 Å². The summed E-state index contributed by atoms with van der Waals surface area (Å²) in [6.45, 7) is 4.18. The Morgan fingerprint density at radius 2 is 2.04 bits per heavy atom. The summed E-state index contributed by atoms with van der Waals surface area (Å²) in [6.07, 6.45) is 0. The molecule has 2 rings (SSSR count). The van der Waals surface area contributed by atoms with E-state index in [2.05, 4.69) is 43.3 Å². The van der Waals surface area contributed by atoms with Gasteiger partial charge in [-0.3, -0.25) is 9.20 Å². The molecule has 7 heteroatoms. The zero-order valence-electron chi connectivity index (χ0n) is 13.9. The van der Waals surface area contributed by atoms with E-state index in [1.54, 1.807) is 11.3 Å². The first-order valence-electron chi connectivity index (χ1n) is 7.77. The van der Waals surface area contributed by atoms with Gasteiger partial charge in [0.2, 0.25) is 0 Å². The minimum absolute atomic E-state index is 0.525. The Labute approximate surface area is 158 Å². The number of aliphatic imine (C=N–C) groups is 1. The molecule has 1 aromatic carbocycles. The summed E-state index contributed by atoms with van der Waals surface area (Å²) in [5, 5.41) is 3.29. The van der Waals surface area contributed by atoms with Crippen molar-refractivity contribution >= 4 is 44.0 Å². The van der Waals surface area contributed by atoms with Gasteiger partial charge in [-0.15, -0.1) is 11.3 Å². The standard InChI is InChI=1S/C17H22BrN3OS2/c1-3-19-17(21(2)13-14-9-10-16(18)23-14)20-11-12-24(22)15-7-5-4-6-8-15/h4-10H,3,11-13H2,1-2H3,(H,19,20). The quantitative estimate of drug-likeness (QED) is 0.540. The number of guanidine groups is 1. The van der Waals surface area contributed by atoms with E-state index in [4.69, 9.17) is 0 Å². The SMILES string of the molecule is CCNC(=NCCS(=O)c1ccccc1)N(C)Cc1ccc(Br)s1. The summed E-state index contributed by atoms with van der Waals surface area (Å²) in [5.74, 6) is 1.36. The predicted molar refractivity (Wildman–Crippen MR) is 107 cm³/mol. The Balaban J connectivity index is 1.93. The monoisotopic (exact) mass is 427 g/mol. The van der Waals surface area contributed by atoms with Gasteiger partial charge in [0.1, 0.15) is 0 Å². The maximum atomic E-state index is 12.3. The maximum absolute atomic E-state index is 12.3. The lowest BCUT2D eigenvalue weighted by molar-refractivity contribution is 0.482. The van der Waals surface area contributed by atoms with E-state index in [0.717, 1.165) is 27.7 Å². The second kappa shape index (κ2) is 9.96. The summed E-state index contributed by atoms with van der Waals surface area (Å²) in [4.78, 5) is 8.83. The Hall–Kier alpha value is -1.18. The van der Waals surface area contributed by atoms with Crippen LogP contribution in [0.2, 0.25) is 0 Å². The largest absolute Gasteiger partial charge is 0.357 e. The van der Waals surface area contributed by atoms with Crippen LogP contribution in [-0.4, -0.2) is 41.0 Å². The Bertz CT molecular complexity index is 688. The highest BCUT2D eigenvalue weighted by Gasteiger charge is 2.09. The van der Waals surface area contributed by atoms with E-state index >= 15 is 0 Å². The van der Waals surface area contributed by atoms with Crippen molar-refractivity contribution in [3.63, 3.8) is 0 Å². The molecule has 1 N–H and O–H groups in total. The van der Waals surface area contributed by atoms with E-state index < -0.39 is 10.8 Å². The lowest BCUT2D eigenvalue weighted by Gasteiger charge is -2.21. The van der Waals surface area contributed by atoms with Gasteiger partial charge < -0.3 is 10.2 Å². The van der Waals surface area contributed by atoms with Crippen molar-refractivity contribution < 1.29 is 4.21 Å². The van der Waals surface area contributed by atoms with Crippen LogP contribution < -0.4 is 5.32 Å². The summed E-state index contributed by atoms with van der Waals surface area (Å²) in [7, 11) is 1.01. The highest BCUT2D eigenvalue weighted by molar-refractivity contribution is 9.11. The summed E-state index contributed by atoms with van der Waals surface area (Å²) >= 11 is 5.21. The van der Waals surface area contributed by atoms with E-state index in [-0.39, 0.29) is 0 Å². The number of rotatable bonds is 7. The van der Waals surface area contributed by atoms with Crippen molar-refractivity contribution in [1.82, 2.24) is 10.2 Å². The van der Waals surface area contributed by atoms with Gasteiger partial charge in [-0.25, -0.2) is 0 Å². The van der Waals surface area contributed by atoms with Crippen LogP contribution in [0.5, 0.6) is 0 Å². The second-order valence-corrected chi connectivity index (χ2v) is 9.28. The predicted octanol–water partition coefficient (Wildman–Crippen LogP) is 3.72. The van der Waals surface area contributed by atoms with Gasteiger partial charge in [-0.05, 0) is 47.1 Å². The van der Waals surface area contributed by atoms with Crippen LogP contribution >= 0.6 is 27.3 Å². The van der Waals surface area contributed by atoms with Crippen molar-refractivity contribution in [1.29, 1.82) is 0 Å². The van der Waals surface area contributed by atoms with E-state index in [1.165, 1.54) is 4.88 Å². The second-order valence-electron chi connectivity index (χ2n) is 5.16. The zero-order chi connectivity index (χ0) is 17.4. The normalized spacial score (nSPS) is 12.9. The van der Waals surface area contributed by atoms with Gasteiger partial charge >= 0.3 is 0 Å². The number of halogens is 1. The minimum Gasteiger partial charge on any atom is -0.357 e.